The van der Waals surface area contributed by atoms with Crippen LogP contribution >= 0.6 is 0 Å². The van der Waals surface area contributed by atoms with Crippen LogP contribution in [0.2, 0.25) is 0 Å². The quantitative estimate of drug-likeness (QED) is 0.0747. The molecule has 70 heavy (non-hydrogen) atoms. The fraction of sp³-hybridized carbons (Fsp3) is 0.538. The van der Waals surface area contributed by atoms with Crippen molar-refractivity contribution in [3.05, 3.63) is 96.1 Å². The predicted octanol–water partition coefficient (Wildman–Crippen LogP) is 2.12. The molecule has 2 saturated heterocycles. The van der Waals surface area contributed by atoms with E-state index in [0.29, 0.717) is 26.2 Å². The summed E-state index contributed by atoms with van der Waals surface area (Å²) in [6.45, 7) is 9.05. The Balaban J connectivity index is 1.03. The lowest BCUT2D eigenvalue weighted by Gasteiger charge is -2.32. The molecule has 18 heteroatoms. The molecular weight excluding hydrogens is 889 g/mol. The summed E-state index contributed by atoms with van der Waals surface area (Å²) in [5.41, 5.74) is 2.43. The second kappa shape index (κ2) is 27.1. The molecular formula is C52H70N12O6. The summed E-state index contributed by atoms with van der Waals surface area (Å²) in [4.78, 5) is 58.6. The van der Waals surface area contributed by atoms with E-state index in [1.807, 2.05) is 55.3 Å². The van der Waals surface area contributed by atoms with Crippen molar-refractivity contribution in [1.29, 1.82) is 0 Å². The van der Waals surface area contributed by atoms with Crippen LogP contribution in [0.3, 0.4) is 0 Å². The molecule has 2 aromatic heterocycles. The van der Waals surface area contributed by atoms with Gasteiger partial charge in [0.2, 0.25) is 23.6 Å². The highest BCUT2D eigenvalue weighted by Gasteiger charge is 2.39. The molecule has 374 valence electrons. The van der Waals surface area contributed by atoms with E-state index < -0.39 is 36.4 Å². The zero-order valence-corrected chi connectivity index (χ0v) is 41.5. The highest BCUT2D eigenvalue weighted by atomic mass is 16.5. The largest absolute Gasteiger partial charge is 0.363 e. The van der Waals surface area contributed by atoms with Gasteiger partial charge in [0.1, 0.15) is 49.6 Å². The van der Waals surface area contributed by atoms with Crippen LogP contribution in [-0.2, 0) is 67.4 Å². The Labute approximate surface area is 412 Å². The molecule has 4 N–H and O–H groups in total. The molecule has 0 spiro atoms. The van der Waals surface area contributed by atoms with Crippen molar-refractivity contribution in [2.24, 2.45) is 0 Å². The van der Waals surface area contributed by atoms with Gasteiger partial charge in [-0.15, -0.1) is 20.4 Å². The number of benzene rings is 2. The number of nitrogens with zero attached hydrogens (tertiary/aromatic N) is 8. The number of carbonyl (C=O) groups is 4. The zero-order valence-electron chi connectivity index (χ0n) is 41.5. The number of carbonyl (C=O) groups excluding carboxylic acids is 4. The van der Waals surface area contributed by atoms with E-state index in [0.717, 1.165) is 63.0 Å². The molecule has 2 aliphatic rings. The van der Waals surface area contributed by atoms with Gasteiger partial charge >= 0.3 is 0 Å². The second-order valence-electron chi connectivity index (χ2n) is 18.1. The number of likely N-dealkylation sites (N-methyl/N-ethyl adjacent to an activating group) is 2. The summed E-state index contributed by atoms with van der Waals surface area (Å²) in [6, 6.07) is 17.2. The first-order valence-corrected chi connectivity index (χ1v) is 24.5. The van der Waals surface area contributed by atoms with Crippen LogP contribution in [0.1, 0.15) is 76.2 Å². The highest BCUT2D eigenvalue weighted by molar-refractivity contribution is 5.91. The summed E-state index contributed by atoms with van der Waals surface area (Å²) in [7, 11) is 3.37. The molecule has 0 bridgehead atoms. The van der Waals surface area contributed by atoms with Crippen molar-refractivity contribution >= 4 is 23.6 Å². The molecule has 0 saturated carbocycles. The van der Waals surface area contributed by atoms with E-state index in [4.69, 9.17) is 9.47 Å². The summed E-state index contributed by atoms with van der Waals surface area (Å²) in [6.07, 6.45) is 8.36. The van der Waals surface area contributed by atoms with Crippen molar-refractivity contribution in [3.8, 4) is 23.7 Å². The Morgan fingerprint density at radius 2 is 1.01 bits per heavy atom. The number of hydrogen-bond acceptors (Lipinski definition) is 12. The molecule has 4 heterocycles. The molecule has 4 amide bonds. The molecule has 0 radical (unpaired) electrons. The summed E-state index contributed by atoms with van der Waals surface area (Å²) in [5.74, 6) is 11.9. The van der Waals surface area contributed by atoms with E-state index >= 15 is 0 Å². The number of rotatable bonds is 24. The fourth-order valence-electron chi connectivity index (χ4n) is 8.77. The molecule has 0 unspecified atom stereocenters. The number of ether oxygens (including phenoxy) is 2. The number of aryl methyl sites for hydroxylation is 4. The van der Waals surface area contributed by atoms with Gasteiger partial charge in [0.05, 0.1) is 24.3 Å². The van der Waals surface area contributed by atoms with Gasteiger partial charge in [-0.2, -0.15) is 0 Å². The van der Waals surface area contributed by atoms with Gasteiger partial charge < -0.3 is 49.7 Å². The first kappa shape index (κ1) is 52.9. The van der Waals surface area contributed by atoms with E-state index in [9.17, 15) is 19.2 Å². The number of aromatic nitrogens is 6. The van der Waals surface area contributed by atoms with Crippen LogP contribution < -0.4 is 21.3 Å². The third kappa shape index (κ3) is 15.0. The molecule has 2 fully saturated rings. The first-order chi connectivity index (χ1) is 34.0. The van der Waals surface area contributed by atoms with Gasteiger partial charge in [0.25, 0.3) is 0 Å². The second-order valence-corrected chi connectivity index (χ2v) is 18.1. The van der Waals surface area contributed by atoms with E-state index in [-0.39, 0.29) is 48.9 Å². The van der Waals surface area contributed by atoms with Crippen LogP contribution in [0.25, 0.3) is 0 Å². The van der Waals surface area contributed by atoms with Gasteiger partial charge in [-0.1, -0.05) is 72.5 Å². The van der Waals surface area contributed by atoms with E-state index in [1.165, 1.54) is 11.1 Å². The lowest BCUT2D eigenvalue weighted by molar-refractivity contribution is -0.141. The zero-order chi connectivity index (χ0) is 49.8. The number of likely N-dealkylation sites (tertiary alicyclic amines) is 2. The maximum Gasteiger partial charge on any atom is 0.248 e. The molecule has 2 aromatic carbocycles. The summed E-state index contributed by atoms with van der Waals surface area (Å²) < 4.78 is 16.1. The molecule has 6 rings (SSSR count). The minimum atomic E-state index is -0.960. The number of hydrogen-bond donors (Lipinski definition) is 4. The normalized spacial score (nSPS) is 18.1. The van der Waals surface area contributed by atoms with Crippen LogP contribution in [0, 0.1) is 23.7 Å². The van der Waals surface area contributed by atoms with E-state index in [1.54, 1.807) is 54.4 Å². The van der Waals surface area contributed by atoms with Crippen molar-refractivity contribution < 1.29 is 28.7 Å². The van der Waals surface area contributed by atoms with Crippen LogP contribution in [-0.4, -0.2) is 152 Å². The van der Waals surface area contributed by atoms with Gasteiger partial charge in [-0.05, 0) is 103 Å². The van der Waals surface area contributed by atoms with Crippen molar-refractivity contribution in [3.63, 3.8) is 0 Å². The van der Waals surface area contributed by atoms with Crippen molar-refractivity contribution in [2.75, 3.05) is 40.4 Å². The van der Waals surface area contributed by atoms with Crippen LogP contribution in [0.5, 0.6) is 0 Å². The lowest BCUT2D eigenvalue weighted by atomic mass is 10.1. The molecule has 2 aliphatic heterocycles. The average molecular weight is 959 g/mol. The maximum atomic E-state index is 14.3. The minimum absolute atomic E-state index is 0.0455. The Morgan fingerprint density at radius 1 is 0.614 bits per heavy atom. The standard InChI is InChI=1S/C52H70N12O6/c1-37(53-5)49(65)57-47(51(67)63-29-17-23-43(63)33-61-35-55-59-45(61)27-25-41-19-11-9-12-20-41)39(3)69-31-15-7-8-16-32-70-40(4)48(58-50(66)38(2)54-6)52(68)64-30-18-24-44(64)34-62-36-56-60-46(62)28-26-42-21-13-10-14-22-42/h9-14,19-22,35-40,43-44,47-48,53-54H,17-18,23-34H2,1-6H3,(H,57,65)(H,58,66)/t37-,38-,39+,40+,43-,44-,47-,48-/m0/s1. The number of nitrogens with one attached hydrogen (secondary N) is 4. The van der Waals surface area contributed by atoms with Gasteiger partial charge in [-0.3, -0.25) is 19.2 Å². The van der Waals surface area contributed by atoms with E-state index in [2.05, 4.69) is 89.6 Å². The highest BCUT2D eigenvalue weighted by Crippen LogP contribution is 2.24. The molecule has 18 nitrogen and oxygen atoms in total. The van der Waals surface area contributed by atoms with Crippen molar-refractivity contribution in [1.82, 2.24) is 60.6 Å². The SMILES string of the molecule is CN[C@@H](C)C(=O)N[C@H](C(=O)N1CCC[C@H]1Cn1cnnc1CCc1ccccc1)[C@@H](C)OCC#CC#CCO[C@H](C)[C@H](NC(=O)[C@H](C)NC)C(=O)N1CCC[C@H]1Cn1cnnc1CCc1ccccc1. The van der Waals surface area contributed by atoms with Gasteiger partial charge in [0, 0.05) is 51.1 Å². The summed E-state index contributed by atoms with van der Waals surface area (Å²) >= 11 is 0. The topological polar surface area (TPSA) is 203 Å². The maximum absolute atomic E-state index is 14.3. The molecule has 0 aliphatic carbocycles. The lowest BCUT2D eigenvalue weighted by Crippen LogP contribution is -2.58. The average Bonchev–Trinajstić information content (AvgIpc) is 4.23. The monoisotopic (exact) mass is 959 g/mol. The molecule has 8 atom stereocenters. The Morgan fingerprint density at radius 3 is 1.40 bits per heavy atom. The predicted molar refractivity (Wildman–Crippen MR) is 264 cm³/mol. The van der Waals surface area contributed by atoms with Gasteiger partial charge in [0.15, 0.2) is 0 Å². The Bertz CT molecular complexity index is 2260. The molecule has 4 aromatic rings. The number of amides is 4. The third-order valence-corrected chi connectivity index (χ3v) is 13.3. The summed E-state index contributed by atoms with van der Waals surface area (Å²) in [5, 5.41) is 28.9. The van der Waals surface area contributed by atoms with Crippen molar-refractivity contribution in [2.45, 2.75) is 141 Å². The smallest absolute Gasteiger partial charge is 0.248 e. The van der Waals surface area contributed by atoms with Gasteiger partial charge in [-0.25, -0.2) is 0 Å². The third-order valence-electron chi connectivity index (χ3n) is 13.3. The Hall–Kier alpha value is -6.44. The fourth-order valence-corrected chi connectivity index (χ4v) is 8.77. The minimum Gasteiger partial charge on any atom is -0.363 e. The van der Waals surface area contributed by atoms with Crippen LogP contribution in [0.15, 0.2) is 73.3 Å². The van der Waals surface area contributed by atoms with Crippen LogP contribution in [0.4, 0.5) is 0 Å². The Kier molecular flexibility index (Phi) is 20.5. The first-order valence-electron chi connectivity index (χ1n) is 24.5.